The number of carbonyl (C=O) groups is 6. The minimum Gasteiger partial charge on any atom is -0.481 e. The van der Waals surface area contributed by atoms with Gasteiger partial charge in [-0.15, -0.1) is 0 Å². The van der Waals surface area contributed by atoms with Gasteiger partial charge in [0, 0.05) is 18.8 Å². The lowest BCUT2D eigenvalue weighted by Crippen LogP contribution is -2.59. The molecular formula is C22H31N5O8. The molecule has 0 aliphatic rings. The molecule has 0 unspecified atom stereocenters. The second-order valence-electron chi connectivity index (χ2n) is 8.33. The Morgan fingerprint density at radius 1 is 0.857 bits per heavy atom. The fourth-order valence-electron chi connectivity index (χ4n) is 3.04. The predicted octanol–water partition coefficient (Wildman–Crippen LogP) is -1.40. The minimum atomic E-state index is -1.41. The first kappa shape index (κ1) is 29.2. The van der Waals surface area contributed by atoms with E-state index < -0.39 is 78.4 Å². The van der Waals surface area contributed by atoms with E-state index in [2.05, 4.69) is 20.9 Å². The second-order valence-corrected chi connectivity index (χ2v) is 8.33. The summed E-state index contributed by atoms with van der Waals surface area (Å²) in [5, 5.41) is 25.1. The van der Waals surface area contributed by atoms with Crippen LogP contribution in [0.5, 0.6) is 0 Å². The van der Waals surface area contributed by atoms with Crippen molar-refractivity contribution in [2.75, 3.05) is 0 Å². The van der Waals surface area contributed by atoms with E-state index in [-0.39, 0.29) is 6.42 Å². The maximum atomic E-state index is 13.1. The summed E-state index contributed by atoms with van der Waals surface area (Å²) in [5.41, 5.74) is 6.22. The van der Waals surface area contributed by atoms with Crippen LogP contribution in [-0.4, -0.2) is 74.8 Å². The number of carbonyl (C=O) groups excluding carboxylic acids is 4. The van der Waals surface area contributed by atoms with E-state index in [1.54, 1.807) is 26.0 Å². The van der Waals surface area contributed by atoms with Crippen molar-refractivity contribution in [3.8, 4) is 0 Å². The molecule has 13 heteroatoms. The first-order chi connectivity index (χ1) is 16.3. The number of nitrogens with two attached hydrogens (primary N) is 1. The highest BCUT2D eigenvalue weighted by molar-refractivity contribution is 5.96. The zero-order valence-corrected chi connectivity index (χ0v) is 19.7. The van der Waals surface area contributed by atoms with Gasteiger partial charge in [-0.2, -0.15) is 0 Å². The molecule has 3 amide bonds. The van der Waals surface area contributed by atoms with Crippen molar-refractivity contribution in [2.45, 2.75) is 64.2 Å². The van der Waals surface area contributed by atoms with Crippen molar-refractivity contribution in [1.82, 2.24) is 20.9 Å². The number of amides is 3. The number of aromatic nitrogens is 1. The molecule has 1 aromatic rings. The fraction of sp³-hybridized carbons (Fsp3) is 0.500. The van der Waals surface area contributed by atoms with Crippen molar-refractivity contribution in [1.29, 1.82) is 0 Å². The first-order valence-corrected chi connectivity index (χ1v) is 10.8. The van der Waals surface area contributed by atoms with Crippen molar-refractivity contribution in [2.24, 2.45) is 11.7 Å². The number of pyridine rings is 1. The minimum absolute atomic E-state index is 0.0125. The molecule has 0 fully saturated rings. The lowest BCUT2D eigenvalue weighted by molar-refractivity contribution is -0.141. The monoisotopic (exact) mass is 493 g/mol. The Balaban J connectivity index is 3.08. The van der Waals surface area contributed by atoms with E-state index in [1.165, 1.54) is 12.4 Å². The van der Waals surface area contributed by atoms with Crippen LogP contribution in [0, 0.1) is 5.92 Å². The van der Waals surface area contributed by atoms with Crippen molar-refractivity contribution in [3.63, 3.8) is 0 Å². The molecule has 1 rings (SSSR count). The summed E-state index contributed by atoms with van der Waals surface area (Å²) < 4.78 is 0. The molecule has 7 N–H and O–H groups in total. The highest BCUT2D eigenvalue weighted by atomic mass is 16.4. The van der Waals surface area contributed by atoms with Gasteiger partial charge >= 0.3 is 11.9 Å². The number of Topliss-reactive ketones (excluding diaryl/α,β-unsaturated/α-hetero) is 1. The normalized spacial score (nSPS) is 14.2. The van der Waals surface area contributed by atoms with Crippen LogP contribution in [0.4, 0.5) is 0 Å². The third kappa shape index (κ3) is 10.3. The smallest absolute Gasteiger partial charge is 0.305 e. The molecular weight excluding hydrogens is 462 g/mol. The van der Waals surface area contributed by atoms with Crippen LogP contribution >= 0.6 is 0 Å². The molecule has 0 aliphatic heterocycles. The Bertz CT molecular complexity index is 937. The van der Waals surface area contributed by atoms with Gasteiger partial charge in [0.1, 0.15) is 12.1 Å². The molecule has 192 valence electrons. The maximum Gasteiger partial charge on any atom is 0.305 e. The molecule has 0 aliphatic carbocycles. The maximum absolute atomic E-state index is 13.1. The Labute approximate surface area is 201 Å². The van der Waals surface area contributed by atoms with Crippen LogP contribution in [0.2, 0.25) is 0 Å². The van der Waals surface area contributed by atoms with Crippen LogP contribution in [0.15, 0.2) is 24.5 Å². The SMILES string of the molecule is CC(=O)[C@H](CC(=O)O)NC(=O)[C@@H](NC(=O)[C@H](Cc1ccncc1)NC(=O)[C@@H](N)CC(=O)O)C(C)C. The van der Waals surface area contributed by atoms with E-state index in [4.69, 9.17) is 15.9 Å². The van der Waals surface area contributed by atoms with Gasteiger partial charge in [-0.25, -0.2) is 0 Å². The van der Waals surface area contributed by atoms with E-state index in [9.17, 15) is 28.8 Å². The van der Waals surface area contributed by atoms with Gasteiger partial charge in [-0.05, 0) is 30.5 Å². The lowest BCUT2D eigenvalue weighted by atomic mass is 10.00. The first-order valence-electron chi connectivity index (χ1n) is 10.8. The topological polar surface area (TPSA) is 218 Å². The molecule has 0 radical (unpaired) electrons. The summed E-state index contributed by atoms with van der Waals surface area (Å²) in [7, 11) is 0. The summed E-state index contributed by atoms with van der Waals surface area (Å²) in [6.45, 7) is 4.39. The van der Waals surface area contributed by atoms with Gasteiger partial charge in [0.05, 0.1) is 24.9 Å². The third-order valence-corrected chi connectivity index (χ3v) is 4.99. The Morgan fingerprint density at radius 2 is 1.40 bits per heavy atom. The zero-order chi connectivity index (χ0) is 26.7. The second kappa shape index (κ2) is 13.7. The largest absolute Gasteiger partial charge is 0.481 e. The highest BCUT2D eigenvalue weighted by Crippen LogP contribution is 2.08. The number of hydrogen-bond acceptors (Lipinski definition) is 8. The molecule has 1 aromatic heterocycles. The molecule has 4 atom stereocenters. The third-order valence-electron chi connectivity index (χ3n) is 4.99. The molecule has 0 bridgehead atoms. The molecule has 1 heterocycles. The van der Waals surface area contributed by atoms with E-state index >= 15 is 0 Å². The lowest BCUT2D eigenvalue weighted by Gasteiger charge is -2.27. The molecule has 0 aromatic carbocycles. The Hall–Kier alpha value is -3.87. The Kier molecular flexibility index (Phi) is 11.5. The number of nitrogens with one attached hydrogen (secondary N) is 3. The van der Waals surface area contributed by atoms with Crippen LogP contribution < -0.4 is 21.7 Å². The number of carboxylic acid groups (broad SMARTS) is 2. The molecule has 35 heavy (non-hydrogen) atoms. The average Bonchev–Trinajstić information content (AvgIpc) is 2.75. The van der Waals surface area contributed by atoms with Gasteiger partial charge in [0.2, 0.25) is 17.7 Å². The van der Waals surface area contributed by atoms with Crippen molar-refractivity contribution in [3.05, 3.63) is 30.1 Å². The number of nitrogens with zero attached hydrogens (tertiary/aromatic N) is 1. The van der Waals surface area contributed by atoms with Crippen LogP contribution in [0.3, 0.4) is 0 Å². The fourth-order valence-corrected chi connectivity index (χ4v) is 3.04. The molecule has 13 nitrogen and oxygen atoms in total. The predicted molar refractivity (Wildman–Crippen MR) is 122 cm³/mol. The summed E-state index contributed by atoms with van der Waals surface area (Å²) in [5.74, 6) is -6.01. The standard InChI is InChI=1S/C22H31N5O8/c1-11(2)19(22(35)25-15(12(3)28)10-18(31)32)27-21(34)16(8-13-4-6-24-7-5-13)26-20(33)14(23)9-17(29)30/h4-7,11,14-16,19H,8-10,23H2,1-3H3,(H,25,35)(H,26,33)(H,27,34)(H,29,30)(H,31,32)/t14-,15-,16-,19-/m0/s1. The number of carboxylic acids is 2. The number of hydrogen-bond donors (Lipinski definition) is 6. The summed E-state index contributed by atoms with van der Waals surface area (Å²) in [6, 6.07) is -1.85. The summed E-state index contributed by atoms with van der Waals surface area (Å²) >= 11 is 0. The van der Waals surface area contributed by atoms with Crippen LogP contribution in [0.1, 0.15) is 39.2 Å². The van der Waals surface area contributed by atoms with Gasteiger partial charge in [-0.3, -0.25) is 33.8 Å². The number of aliphatic carboxylic acids is 2. The van der Waals surface area contributed by atoms with Gasteiger partial charge in [0.25, 0.3) is 0 Å². The van der Waals surface area contributed by atoms with Crippen molar-refractivity contribution < 1.29 is 39.0 Å². The highest BCUT2D eigenvalue weighted by Gasteiger charge is 2.32. The molecule has 0 saturated heterocycles. The molecule has 0 saturated carbocycles. The summed E-state index contributed by atoms with van der Waals surface area (Å²) in [4.78, 5) is 75.8. The average molecular weight is 494 g/mol. The van der Waals surface area contributed by atoms with Crippen LogP contribution in [-0.2, 0) is 35.2 Å². The van der Waals surface area contributed by atoms with E-state index in [1.807, 2.05) is 0 Å². The Morgan fingerprint density at radius 3 is 1.89 bits per heavy atom. The van der Waals surface area contributed by atoms with Gasteiger partial charge in [0.15, 0.2) is 5.78 Å². The van der Waals surface area contributed by atoms with E-state index in [0.29, 0.717) is 5.56 Å². The van der Waals surface area contributed by atoms with Gasteiger partial charge < -0.3 is 31.9 Å². The van der Waals surface area contributed by atoms with Gasteiger partial charge in [-0.1, -0.05) is 13.8 Å². The summed E-state index contributed by atoms with van der Waals surface area (Å²) in [6.07, 6.45) is 1.68. The zero-order valence-electron chi connectivity index (χ0n) is 19.7. The molecule has 0 spiro atoms. The van der Waals surface area contributed by atoms with Crippen molar-refractivity contribution >= 4 is 35.4 Å². The number of ketones is 1. The quantitative estimate of drug-likeness (QED) is 0.178. The number of rotatable bonds is 14. The van der Waals surface area contributed by atoms with Crippen LogP contribution in [0.25, 0.3) is 0 Å². The van der Waals surface area contributed by atoms with E-state index in [0.717, 1.165) is 6.92 Å².